The van der Waals surface area contributed by atoms with Gasteiger partial charge in [-0.1, -0.05) is 36.4 Å². The average Bonchev–Trinajstić information content (AvgIpc) is 2.20. The fourth-order valence-electron chi connectivity index (χ4n) is 2.54. The molecule has 1 aliphatic carbocycles. The normalized spacial score (nSPS) is 29.1. The maximum Gasteiger partial charge on any atom is 0.141 e. The topological polar surface area (TPSA) is 34.1 Å². The molecule has 0 aromatic heterocycles. The van der Waals surface area contributed by atoms with Gasteiger partial charge in [-0.3, -0.25) is 4.79 Å². The van der Waals surface area contributed by atoms with E-state index in [-0.39, 0.29) is 17.1 Å². The molecule has 1 aliphatic rings. The number of hydrogen-bond donors (Lipinski definition) is 0. The second-order valence-corrected chi connectivity index (χ2v) is 6.33. The van der Waals surface area contributed by atoms with Gasteiger partial charge in [0, 0.05) is 22.2 Å². The number of halogens is 1. The first-order valence-corrected chi connectivity index (χ1v) is 7.51. The number of rotatable bonds is 4. The van der Waals surface area contributed by atoms with Gasteiger partial charge in [-0.2, -0.15) is 0 Å². The summed E-state index contributed by atoms with van der Waals surface area (Å²) in [5.41, 5.74) is -0.194. The molecule has 16 heavy (non-hydrogen) atoms. The lowest BCUT2D eigenvalue weighted by molar-refractivity contribution is -0.137. The van der Waals surface area contributed by atoms with Crippen LogP contribution in [0.4, 0.5) is 0 Å². The minimum absolute atomic E-state index is 0.123. The number of ketones is 2. The van der Waals surface area contributed by atoms with Crippen molar-refractivity contribution in [2.45, 2.75) is 46.5 Å². The van der Waals surface area contributed by atoms with Crippen molar-refractivity contribution in [2.75, 3.05) is 4.43 Å². The van der Waals surface area contributed by atoms with Crippen molar-refractivity contribution < 1.29 is 9.59 Å². The van der Waals surface area contributed by atoms with Gasteiger partial charge in [0.1, 0.15) is 11.6 Å². The summed E-state index contributed by atoms with van der Waals surface area (Å²) in [4.78, 5) is 23.3. The zero-order valence-electron chi connectivity index (χ0n) is 10.4. The van der Waals surface area contributed by atoms with E-state index in [2.05, 4.69) is 36.4 Å². The smallest absolute Gasteiger partial charge is 0.141 e. The average molecular weight is 336 g/mol. The van der Waals surface area contributed by atoms with Crippen LogP contribution < -0.4 is 0 Å². The summed E-state index contributed by atoms with van der Waals surface area (Å²) in [5.74, 6) is 1.20. The van der Waals surface area contributed by atoms with E-state index in [1.807, 2.05) is 0 Å². The van der Waals surface area contributed by atoms with Gasteiger partial charge in [0.05, 0.1) is 0 Å². The molecule has 0 heterocycles. The number of carbonyl (C=O) groups excluding carboxylic acids is 2. The zero-order valence-corrected chi connectivity index (χ0v) is 12.5. The molecule has 0 N–H and O–H groups in total. The highest BCUT2D eigenvalue weighted by Gasteiger charge is 2.43. The Morgan fingerprint density at radius 2 is 2.06 bits per heavy atom. The second-order valence-electron chi connectivity index (χ2n) is 5.45. The van der Waals surface area contributed by atoms with Crippen LogP contribution in [0.15, 0.2) is 0 Å². The molecule has 0 spiro atoms. The molecule has 2 atom stereocenters. The first-order valence-electron chi connectivity index (χ1n) is 5.99. The highest BCUT2D eigenvalue weighted by molar-refractivity contribution is 14.1. The molecule has 0 aromatic carbocycles. The molecule has 0 aliphatic heterocycles. The Kier molecular flexibility index (Phi) is 4.95. The number of hydrogen-bond acceptors (Lipinski definition) is 2. The first kappa shape index (κ1) is 14.1. The van der Waals surface area contributed by atoms with Gasteiger partial charge in [-0.15, -0.1) is 0 Å². The molecule has 1 saturated carbocycles. The van der Waals surface area contributed by atoms with E-state index < -0.39 is 0 Å². The van der Waals surface area contributed by atoms with Crippen LogP contribution in [0, 0.1) is 17.3 Å². The van der Waals surface area contributed by atoms with Crippen LogP contribution in [0.1, 0.15) is 46.5 Å². The summed E-state index contributed by atoms with van der Waals surface area (Å²) in [6.45, 7) is 5.74. The maximum absolute atomic E-state index is 12.3. The van der Waals surface area contributed by atoms with E-state index in [0.29, 0.717) is 18.1 Å². The molecule has 0 aromatic rings. The van der Waals surface area contributed by atoms with E-state index in [9.17, 15) is 9.59 Å². The molecule has 2 nitrogen and oxygen atoms in total. The van der Waals surface area contributed by atoms with Gasteiger partial charge in [-0.05, 0) is 32.1 Å². The van der Waals surface area contributed by atoms with Crippen LogP contribution in [0.2, 0.25) is 0 Å². The molecule has 0 radical (unpaired) electrons. The van der Waals surface area contributed by atoms with Crippen molar-refractivity contribution in [3.8, 4) is 0 Å². The number of alkyl halides is 1. The fraction of sp³-hybridized carbons (Fsp3) is 0.846. The van der Waals surface area contributed by atoms with E-state index in [0.717, 1.165) is 23.7 Å². The van der Waals surface area contributed by atoms with Gasteiger partial charge in [0.15, 0.2) is 0 Å². The Balaban J connectivity index is 2.65. The Bertz CT molecular complexity index is 284. The summed E-state index contributed by atoms with van der Waals surface area (Å²) in [6.07, 6.45) is 3.42. The molecular formula is C13H21IO2. The largest absolute Gasteiger partial charge is 0.300 e. The monoisotopic (exact) mass is 336 g/mol. The quantitative estimate of drug-likeness (QED) is 0.582. The third-order valence-corrected chi connectivity index (χ3v) is 4.98. The summed E-state index contributed by atoms with van der Waals surface area (Å²) < 4.78 is 1.05. The highest BCUT2D eigenvalue weighted by atomic mass is 127. The summed E-state index contributed by atoms with van der Waals surface area (Å²) in [5, 5.41) is 0. The lowest BCUT2D eigenvalue weighted by Crippen LogP contribution is -2.42. The molecule has 3 heteroatoms. The van der Waals surface area contributed by atoms with Gasteiger partial charge in [0.25, 0.3) is 0 Å². The van der Waals surface area contributed by atoms with Gasteiger partial charge < -0.3 is 4.79 Å². The van der Waals surface area contributed by atoms with E-state index in [4.69, 9.17) is 0 Å². The molecule has 92 valence electrons. The predicted molar refractivity (Wildman–Crippen MR) is 73.8 cm³/mol. The van der Waals surface area contributed by atoms with Crippen LogP contribution in [0.5, 0.6) is 0 Å². The molecule has 0 saturated heterocycles. The van der Waals surface area contributed by atoms with Crippen LogP contribution in [-0.4, -0.2) is 16.0 Å². The molecule has 1 rings (SSSR count). The van der Waals surface area contributed by atoms with E-state index in [1.54, 1.807) is 6.92 Å². The third kappa shape index (κ3) is 3.05. The number of carbonyl (C=O) groups is 2. The zero-order chi connectivity index (χ0) is 12.3. The summed E-state index contributed by atoms with van der Waals surface area (Å²) >= 11 is 2.37. The van der Waals surface area contributed by atoms with Gasteiger partial charge in [0.2, 0.25) is 0 Å². The minimum Gasteiger partial charge on any atom is -0.300 e. The SMILES string of the molecule is CC(=O)CCC1CCC(CI)C(C)(C)C1=O. The fourth-order valence-corrected chi connectivity index (χ4v) is 4.09. The lowest BCUT2D eigenvalue weighted by Gasteiger charge is -2.40. The van der Waals surface area contributed by atoms with E-state index >= 15 is 0 Å². The van der Waals surface area contributed by atoms with Crippen molar-refractivity contribution in [1.29, 1.82) is 0 Å². The Morgan fingerprint density at radius 3 is 2.56 bits per heavy atom. The third-order valence-electron chi connectivity index (χ3n) is 3.92. The van der Waals surface area contributed by atoms with Crippen LogP contribution >= 0.6 is 22.6 Å². The van der Waals surface area contributed by atoms with Crippen LogP contribution in [-0.2, 0) is 9.59 Å². The standard InChI is InChI=1S/C13H21IO2/c1-9(15)4-5-10-6-7-11(8-14)13(2,3)12(10)16/h10-11H,4-8H2,1-3H3. The van der Waals surface area contributed by atoms with Crippen molar-refractivity contribution in [3.05, 3.63) is 0 Å². The Hall–Kier alpha value is 0.0700. The Labute approximate surface area is 112 Å². The second kappa shape index (κ2) is 5.61. The minimum atomic E-state index is -0.194. The molecule has 2 unspecified atom stereocenters. The van der Waals surface area contributed by atoms with Crippen molar-refractivity contribution in [3.63, 3.8) is 0 Å². The lowest BCUT2D eigenvalue weighted by atomic mass is 9.64. The number of Topliss-reactive ketones (excluding diaryl/α,β-unsaturated/α-hetero) is 2. The summed E-state index contributed by atoms with van der Waals surface area (Å²) in [7, 11) is 0. The molecular weight excluding hydrogens is 315 g/mol. The predicted octanol–water partition coefficient (Wildman–Crippen LogP) is 3.41. The molecule has 0 amide bonds. The van der Waals surface area contributed by atoms with Gasteiger partial charge in [-0.25, -0.2) is 0 Å². The maximum atomic E-state index is 12.3. The molecule has 0 bridgehead atoms. The van der Waals surface area contributed by atoms with Crippen molar-refractivity contribution in [1.82, 2.24) is 0 Å². The van der Waals surface area contributed by atoms with Crippen molar-refractivity contribution in [2.24, 2.45) is 17.3 Å². The molecule has 1 fully saturated rings. The first-order chi connectivity index (χ1) is 7.39. The van der Waals surface area contributed by atoms with Crippen LogP contribution in [0.3, 0.4) is 0 Å². The Morgan fingerprint density at radius 1 is 1.44 bits per heavy atom. The summed E-state index contributed by atoms with van der Waals surface area (Å²) in [6, 6.07) is 0. The van der Waals surface area contributed by atoms with Crippen LogP contribution in [0.25, 0.3) is 0 Å². The van der Waals surface area contributed by atoms with Gasteiger partial charge >= 0.3 is 0 Å². The van der Waals surface area contributed by atoms with E-state index in [1.165, 1.54) is 0 Å². The highest BCUT2D eigenvalue weighted by Crippen LogP contribution is 2.42. The van der Waals surface area contributed by atoms with Crippen molar-refractivity contribution >= 4 is 34.2 Å².